The molecule has 0 aliphatic carbocycles. The number of nitrogens with zero attached hydrogens (tertiary/aromatic N) is 2. The van der Waals surface area contributed by atoms with Gasteiger partial charge >= 0.3 is 281 Å². The van der Waals surface area contributed by atoms with Crippen LogP contribution < -0.4 is 10.2 Å². The first-order valence-corrected chi connectivity index (χ1v) is 25.6. The van der Waals surface area contributed by atoms with E-state index in [0.29, 0.717) is 6.61 Å². The number of para-hydroxylation sites is 1. The van der Waals surface area contributed by atoms with Crippen LogP contribution in [0.3, 0.4) is 0 Å². The van der Waals surface area contributed by atoms with Crippen molar-refractivity contribution in [2.45, 2.75) is 46.0 Å². The predicted molar refractivity (Wildman–Crippen MR) is 189 cm³/mol. The van der Waals surface area contributed by atoms with Crippen LogP contribution in [-0.2, 0) is 44.1 Å². The summed E-state index contributed by atoms with van der Waals surface area (Å²) < 4.78 is 14.9. The first-order chi connectivity index (χ1) is 22.4. The molecule has 4 nitrogen and oxygen atoms in total. The van der Waals surface area contributed by atoms with Gasteiger partial charge < -0.3 is 0 Å². The number of ether oxygens (including phenoxy) is 1. The van der Waals surface area contributed by atoms with E-state index in [4.69, 9.17) is 7.72 Å². The SMILES string of the molecule is COCc1ccccc1N1C(=[N][Hf]([CH2]c2ccccc2)([CH2]c2ccccc2)[CH2]c2ccccc2)NCC1c1c(C)cc(C)cc1C. The van der Waals surface area contributed by atoms with Crippen LogP contribution in [-0.4, -0.2) is 19.6 Å². The normalized spacial score (nSPS) is 15.7. The summed E-state index contributed by atoms with van der Waals surface area (Å²) in [6, 6.07) is 46.6. The monoisotopic (exact) mass is 775 g/mol. The van der Waals surface area contributed by atoms with Gasteiger partial charge in [-0.3, -0.25) is 0 Å². The van der Waals surface area contributed by atoms with Gasteiger partial charge in [0.1, 0.15) is 0 Å². The van der Waals surface area contributed by atoms with Gasteiger partial charge in [0.2, 0.25) is 0 Å². The number of nitrogens with one attached hydrogen (secondary N) is 1. The first-order valence-electron chi connectivity index (χ1n) is 16.3. The summed E-state index contributed by atoms with van der Waals surface area (Å²) >= 11 is -3.74. The van der Waals surface area contributed by atoms with Gasteiger partial charge in [0.15, 0.2) is 0 Å². The van der Waals surface area contributed by atoms with E-state index in [1.54, 1.807) is 7.11 Å². The average molecular weight is 774 g/mol. The summed E-state index contributed by atoms with van der Waals surface area (Å²) in [5, 5.41) is 3.90. The standard InChI is InChI=1S/C20H24N3O.3C7H7.Hf/c1-13-9-14(2)19(15(3)10-13)18-11-22-20(21)23(18)17-8-6-5-7-16(17)12-24-4;3*1-7-5-3-2-4-6-7;/h5-10,18H,11-12H2,1-4H3,(H-,21,22);3*2-6H,1H2;/q-1;;;;+1. The van der Waals surface area contributed by atoms with Gasteiger partial charge in [-0.05, 0) is 0 Å². The van der Waals surface area contributed by atoms with E-state index in [2.05, 4.69) is 158 Å². The molecule has 1 aliphatic heterocycles. The zero-order valence-electron chi connectivity index (χ0n) is 27.5. The van der Waals surface area contributed by atoms with Crippen molar-refractivity contribution >= 4 is 11.6 Å². The fraction of sp³-hybridized carbons (Fsp3) is 0.244. The van der Waals surface area contributed by atoms with Crippen molar-refractivity contribution in [3.8, 4) is 0 Å². The molecule has 0 bridgehead atoms. The minimum absolute atomic E-state index is 0.119. The summed E-state index contributed by atoms with van der Waals surface area (Å²) in [4.78, 5) is 2.51. The Balaban J connectivity index is 1.56. The Morgan fingerprint density at radius 3 is 1.67 bits per heavy atom. The van der Waals surface area contributed by atoms with Crippen LogP contribution in [0.4, 0.5) is 5.69 Å². The Kier molecular flexibility index (Phi) is 10.3. The molecule has 0 aromatic heterocycles. The Morgan fingerprint density at radius 2 is 1.17 bits per heavy atom. The summed E-state index contributed by atoms with van der Waals surface area (Å²) in [6.07, 6.45) is 0. The van der Waals surface area contributed by atoms with Gasteiger partial charge in [0.05, 0.1) is 0 Å². The fourth-order valence-corrected chi connectivity index (χ4v) is 22.5. The molecule has 1 atom stereocenters. The molecule has 1 saturated heterocycles. The molecule has 0 amide bonds. The summed E-state index contributed by atoms with van der Waals surface area (Å²) in [6.45, 7) is 8.06. The van der Waals surface area contributed by atoms with Gasteiger partial charge in [-0.15, -0.1) is 0 Å². The van der Waals surface area contributed by atoms with Crippen molar-refractivity contribution < 1.29 is 25.0 Å². The van der Waals surface area contributed by atoms with E-state index in [1.807, 2.05) is 0 Å². The summed E-state index contributed by atoms with van der Waals surface area (Å²) in [7, 11) is 1.78. The Morgan fingerprint density at radius 1 is 0.696 bits per heavy atom. The number of aryl methyl sites for hydroxylation is 3. The molecule has 1 N–H and O–H groups in total. The van der Waals surface area contributed by atoms with E-state index < -0.39 is 20.3 Å². The first kappa shape index (κ1) is 32.2. The van der Waals surface area contributed by atoms with Crippen LogP contribution in [0, 0.1) is 20.8 Å². The van der Waals surface area contributed by atoms with E-state index in [1.165, 1.54) is 50.2 Å². The molecule has 46 heavy (non-hydrogen) atoms. The van der Waals surface area contributed by atoms with E-state index >= 15 is 0 Å². The third-order valence-corrected chi connectivity index (χ3v) is 23.0. The van der Waals surface area contributed by atoms with Gasteiger partial charge in [0.25, 0.3) is 0 Å². The van der Waals surface area contributed by atoms with Crippen molar-refractivity contribution in [1.29, 1.82) is 0 Å². The van der Waals surface area contributed by atoms with Crippen LogP contribution in [0.2, 0.25) is 0 Å². The summed E-state index contributed by atoms with van der Waals surface area (Å²) in [5.41, 5.74) is 11.8. The van der Waals surface area contributed by atoms with Crippen molar-refractivity contribution in [2.24, 2.45) is 2.98 Å². The quantitative estimate of drug-likeness (QED) is 0.136. The Bertz CT molecular complexity index is 1650. The zero-order valence-corrected chi connectivity index (χ0v) is 31.1. The number of methoxy groups -OCH3 is 1. The van der Waals surface area contributed by atoms with E-state index in [0.717, 1.165) is 25.0 Å². The van der Waals surface area contributed by atoms with Gasteiger partial charge in [0, 0.05) is 0 Å². The third-order valence-electron chi connectivity index (χ3n) is 9.09. The molecule has 1 heterocycles. The maximum atomic E-state index is 6.12. The molecular formula is C41H45HfN3O. The second-order valence-corrected chi connectivity index (χ2v) is 26.2. The van der Waals surface area contributed by atoms with Crippen molar-refractivity contribution in [3.63, 3.8) is 0 Å². The maximum absolute atomic E-state index is 6.12. The van der Waals surface area contributed by atoms with E-state index in [9.17, 15) is 0 Å². The molecule has 1 unspecified atom stereocenters. The number of guanidine groups is 1. The van der Waals surface area contributed by atoms with Crippen molar-refractivity contribution in [1.82, 2.24) is 5.32 Å². The van der Waals surface area contributed by atoms with E-state index in [-0.39, 0.29) is 6.04 Å². The number of benzene rings is 5. The molecule has 6 rings (SSSR count). The van der Waals surface area contributed by atoms with Crippen LogP contribution in [0.5, 0.6) is 0 Å². The number of hydrogen-bond acceptors (Lipinski definition) is 2. The third kappa shape index (κ3) is 7.43. The van der Waals surface area contributed by atoms with Crippen molar-refractivity contribution in [3.05, 3.63) is 172 Å². The van der Waals surface area contributed by atoms with Crippen LogP contribution in [0.15, 0.2) is 130 Å². The molecule has 1 aliphatic rings. The number of rotatable bonds is 11. The van der Waals surface area contributed by atoms with Gasteiger partial charge in [-0.1, -0.05) is 0 Å². The average Bonchev–Trinajstić information content (AvgIpc) is 3.44. The molecule has 5 aromatic carbocycles. The molecule has 0 radical (unpaired) electrons. The Labute approximate surface area is 279 Å². The zero-order chi connectivity index (χ0) is 31.9. The fourth-order valence-electron chi connectivity index (χ4n) is 7.32. The topological polar surface area (TPSA) is 36.9 Å². The molecule has 5 aromatic rings. The predicted octanol–water partition coefficient (Wildman–Crippen LogP) is 8.93. The van der Waals surface area contributed by atoms with Gasteiger partial charge in [-0.25, -0.2) is 0 Å². The minimum atomic E-state index is -3.74. The van der Waals surface area contributed by atoms with Gasteiger partial charge in [-0.2, -0.15) is 0 Å². The summed E-state index contributed by atoms with van der Waals surface area (Å²) in [5.74, 6) is 1.01. The number of anilines is 1. The van der Waals surface area contributed by atoms with Crippen molar-refractivity contribution in [2.75, 3.05) is 18.6 Å². The van der Waals surface area contributed by atoms with Crippen LogP contribution in [0.25, 0.3) is 0 Å². The molecule has 234 valence electrons. The molecule has 5 heteroatoms. The van der Waals surface area contributed by atoms with Crippen LogP contribution in [0.1, 0.15) is 50.5 Å². The second-order valence-electron chi connectivity index (χ2n) is 12.8. The Hall–Kier alpha value is -3.80. The molecular weight excluding hydrogens is 729 g/mol. The van der Waals surface area contributed by atoms with Crippen LogP contribution >= 0.6 is 0 Å². The second kappa shape index (κ2) is 14.7. The molecule has 0 saturated carbocycles. The molecule has 0 spiro atoms. The molecule has 1 fully saturated rings. The number of hydrogen-bond donors (Lipinski definition) is 1.